The highest BCUT2D eigenvalue weighted by atomic mass is 14.6. The summed E-state index contributed by atoms with van der Waals surface area (Å²) < 4.78 is 0. The zero-order valence-electron chi connectivity index (χ0n) is 17.9. The normalized spacial score (nSPS) is 44.9. The number of aryl methyl sites for hydroxylation is 1. The van der Waals surface area contributed by atoms with Gasteiger partial charge < -0.3 is 0 Å². The second-order valence-electron chi connectivity index (χ2n) is 11.1. The first-order chi connectivity index (χ1) is 13.1. The molecular formula is C27H42. The van der Waals surface area contributed by atoms with Crippen molar-refractivity contribution >= 4 is 0 Å². The molecule has 0 radical (unpaired) electrons. The van der Waals surface area contributed by atoms with Gasteiger partial charge in [0.1, 0.15) is 0 Å². The summed E-state index contributed by atoms with van der Waals surface area (Å²) in [5.41, 5.74) is 3.69. The number of hydrogen-bond acceptors (Lipinski definition) is 0. The molecule has 8 unspecified atom stereocenters. The Kier molecular flexibility index (Phi) is 4.68. The van der Waals surface area contributed by atoms with Gasteiger partial charge in [0.15, 0.2) is 0 Å². The fraction of sp³-hybridized carbons (Fsp3) is 0.778. The minimum absolute atomic E-state index is 0. The van der Waals surface area contributed by atoms with Crippen LogP contribution in [0.2, 0.25) is 0 Å². The molecule has 0 spiro atoms. The van der Waals surface area contributed by atoms with Gasteiger partial charge in [0, 0.05) is 1.43 Å². The number of fused-ring (bicyclic) bond motifs is 5. The number of rotatable bonds is 2. The van der Waals surface area contributed by atoms with Gasteiger partial charge >= 0.3 is 0 Å². The topological polar surface area (TPSA) is 0 Å². The van der Waals surface area contributed by atoms with E-state index in [2.05, 4.69) is 45.0 Å². The van der Waals surface area contributed by atoms with Crippen LogP contribution in [-0.4, -0.2) is 0 Å². The smallest absolute Gasteiger partial charge is 0 e. The van der Waals surface area contributed by atoms with Crippen molar-refractivity contribution in [2.24, 2.45) is 40.9 Å². The third-order valence-electron chi connectivity index (χ3n) is 10.2. The number of hydrogen-bond donors (Lipinski definition) is 0. The van der Waals surface area contributed by atoms with E-state index in [-0.39, 0.29) is 1.43 Å². The van der Waals surface area contributed by atoms with Gasteiger partial charge in [0.2, 0.25) is 0 Å². The summed E-state index contributed by atoms with van der Waals surface area (Å²) in [6, 6.07) is 9.46. The Balaban J connectivity index is 0.00000192. The quantitative estimate of drug-likeness (QED) is 0.497. The van der Waals surface area contributed by atoms with E-state index in [9.17, 15) is 0 Å². The molecule has 0 aromatic heterocycles. The van der Waals surface area contributed by atoms with Crippen LogP contribution in [0.15, 0.2) is 24.3 Å². The van der Waals surface area contributed by atoms with Crippen molar-refractivity contribution in [3.63, 3.8) is 0 Å². The Morgan fingerprint density at radius 1 is 0.852 bits per heavy atom. The molecule has 4 fully saturated rings. The molecule has 0 saturated heterocycles. The second kappa shape index (κ2) is 6.93. The molecular weight excluding hydrogens is 324 g/mol. The summed E-state index contributed by atoms with van der Waals surface area (Å²) in [7, 11) is 0. The van der Waals surface area contributed by atoms with Gasteiger partial charge in [-0.1, -0.05) is 56.5 Å². The van der Waals surface area contributed by atoms with Crippen LogP contribution in [0.1, 0.15) is 96.5 Å². The molecule has 0 nitrogen and oxygen atoms in total. The van der Waals surface area contributed by atoms with Gasteiger partial charge in [-0.2, -0.15) is 0 Å². The first kappa shape index (κ1) is 18.3. The lowest BCUT2D eigenvalue weighted by atomic mass is 9.47. The zero-order chi connectivity index (χ0) is 18.6. The van der Waals surface area contributed by atoms with E-state index in [0.717, 1.165) is 41.4 Å². The molecule has 0 N–H and O–H groups in total. The summed E-state index contributed by atoms with van der Waals surface area (Å²) in [5, 5.41) is 0. The van der Waals surface area contributed by atoms with E-state index in [4.69, 9.17) is 0 Å². The van der Waals surface area contributed by atoms with Gasteiger partial charge in [0.25, 0.3) is 0 Å². The maximum Gasteiger partial charge on any atom is 0 e. The third-order valence-corrected chi connectivity index (χ3v) is 10.2. The standard InChI is InChI=1S/C27H40.H2/c1-18-7-9-20(10-8-18)19(2)22-13-14-24-23(22)15-16-26-25(24)12-11-21-6-4-5-17-27(21,26)3;/h7-10,19,21-26H,4-6,11-17H2,1-3H3;1H. The van der Waals surface area contributed by atoms with Crippen LogP contribution < -0.4 is 0 Å². The molecule has 4 saturated carbocycles. The van der Waals surface area contributed by atoms with Crippen molar-refractivity contribution in [2.45, 2.75) is 90.9 Å². The summed E-state index contributed by atoms with van der Waals surface area (Å²) in [6.45, 7) is 7.46. The molecule has 1 aromatic rings. The summed E-state index contributed by atoms with van der Waals surface area (Å²) >= 11 is 0. The van der Waals surface area contributed by atoms with Crippen LogP contribution >= 0.6 is 0 Å². The lowest BCUT2D eigenvalue weighted by Crippen LogP contribution is -2.50. The number of benzene rings is 1. The lowest BCUT2D eigenvalue weighted by Gasteiger charge is -2.58. The van der Waals surface area contributed by atoms with E-state index in [1.807, 2.05) is 0 Å². The van der Waals surface area contributed by atoms with E-state index < -0.39 is 0 Å². The molecule has 0 bridgehead atoms. The van der Waals surface area contributed by atoms with Crippen LogP contribution in [0, 0.1) is 47.8 Å². The lowest BCUT2D eigenvalue weighted by molar-refractivity contribution is -0.0875. The van der Waals surface area contributed by atoms with Crippen LogP contribution in [0.5, 0.6) is 0 Å². The predicted octanol–water partition coefficient (Wildman–Crippen LogP) is 8.00. The Bertz CT molecular complexity index is 663. The van der Waals surface area contributed by atoms with Gasteiger partial charge in [-0.3, -0.25) is 0 Å². The summed E-state index contributed by atoms with van der Waals surface area (Å²) in [5.74, 6) is 6.96. The van der Waals surface area contributed by atoms with Gasteiger partial charge in [-0.25, -0.2) is 0 Å². The Morgan fingerprint density at radius 3 is 2.41 bits per heavy atom. The van der Waals surface area contributed by atoms with Crippen LogP contribution in [-0.2, 0) is 0 Å². The summed E-state index contributed by atoms with van der Waals surface area (Å²) in [6.07, 6.45) is 15.3. The van der Waals surface area contributed by atoms with E-state index in [1.165, 1.54) is 37.7 Å². The highest BCUT2D eigenvalue weighted by Gasteiger charge is 2.55. The Hall–Kier alpha value is -0.780. The second-order valence-corrected chi connectivity index (χ2v) is 11.1. The predicted molar refractivity (Wildman–Crippen MR) is 117 cm³/mol. The van der Waals surface area contributed by atoms with Crippen LogP contribution in [0.4, 0.5) is 0 Å². The maximum atomic E-state index is 2.72. The average Bonchev–Trinajstić information content (AvgIpc) is 3.12. The van der Waals surface area contributed by atoms with Crippen molar-refractivity contribution in [1.82, 2.24) is 0 Å². The average molecular weight is 367 g/mol. The van der Waals surface area contributed by atoms with Crippen LogP contribution in [0.25, 0.3) is 0 Å². The van der Waals surface area contributed by atoms with Crippen LogP contribution in [0.3, 0.4) is 0 Å². The first-order valence-corrected chi connectivity index (χ1v) is 12.1. The molecule has 150 valence electrons. The fourth-order valence-electron chi connectivity index (χ4n) is 8.73. The molecule has 0 heterocycles. The third kappa shape index (κ3) is 2.92. The van der Waals surface area contributed by atoms with Crippen molar-refractivity contribution in [2.75, 3.05) is 0 Å². The molecule has 1 aromatic carbocycles. The van der Waals surface area contributed by atoms with Crippen molar-refractivity contribution < 1.29 is 1.43 Å². The molecule has 8 atom stereocenters. The minimum atomic E-state index is 0. The SMILES string of the molecule is Cc1ccc(C(C)C2CCC3C2CCC2C3CCC3CCCCC32C)cc1.[HH]. The zero-order valence-corrected chi connectivity index (χ0v) is 17.9. The monoisotopic (exact) mass is 366 g/mol. The largest absolute Gasteiger partial charge is 0.0591 e. The molecule has 4 aliphatic carbocycles. The van der Waals surface area contributed by atoms with Crippen molar-refractivity contribution in [3.05, 3.63) is 35.4 Å². The molecule has 0 amide bonds. The van der Waals surface area contributed by atoms with E-state index in [0.29, 0.717) is 5.41 Å². The van der Waals surface area contributed by atoms with Crippen molar-refractivity contribution in [3.8, 4) is 0 Å². The van der Waals surface area contributed by atoms with Crippen molar-refractivity contribution in [1.29, 1.82) is 0 Å². The summed E-state index contributed by atoms with van der Waals surface area (Å²) in [4.78, 5) is 0. The first-order valence-electron chi connectivity index (χ1n) is 12.1. The maximum absolute atomic E-state index is 2.72. The van der Waals surface area contributed by atoms with Gasteiger partial charge in [-0.15, -0.1) is 0 Å². The fourth-order valence-corrected chi connectivity index (χ4v) is 8.73. The Morgan fingerprint density at radius 2 is 1.59 bits per heavy atom. The highest BCUT2D eigenvalue weighted by molar-refractivity contribution is 5.25. The molecule has 5 rings (SSSR count). The van der Waals surface area contributed by atoms with E-state index in [1.54, 1.807) is 37.7 Å². The van der Waals surface area contributed by atoms with Gasteiger partial charge in [-0.05, 0) is 111 Å². The molecule has 27 heavy (non-hydrogen) atoms. The van der Waals surface area contributed by atoms with Gasteiger partial charge in [0.05, 0.1) is 0 Å². The highest BCUT2D eigenvalue weighted by Crippen LogP contribution is 2.64. The minimum Gasteiger partial charge on any atom is -0.0591 e. The molecule has 0 heteroatoms. The molecule has 0 aliphatic heterocycles. The molecule has 4 aliphatic rings. The van der Waals surface area contributed by atoms with E-state index >= 15 is 0 Å². The Labute approximate surface area is 169 Å².